The van der Waals surface area contributed by atoms with Gasteiger partial charge >= 0.3 is 0 Å². The molecule has 100 valence electrons. The lowest BCUT2D eigenvalue weighted by molar-refractivity contribution is 0.146. The lowest BCUT2D eigenvalue weighted by atomic mass is 10.1. The molecule has 2 unspecified atom stereocenters. The number of ether oxygens (including phenoxy) is 1. The van der Waals surface area contributed by atoms with Crippen LogP contribution in [-0.2, 0) is 6.54 Å². The lowest BCUT2D eigenvalue weighted by Crippen LogP contribution is -2.30. The maximum atomic E-state index is 9.70. The highest BCUT2D eigenvalue weighted by atomic mass is 79.9. The molecule has 0 saturated carbocycles. The van der Waals surface area contributed by atoms with Gasteiger partial charge in [-0.2, -0.15) is 0 Å². The molecule has 1 fully saturated rings. The van der Waals surface area contributed by atoms with Crippen molar-refractivity contribution in [2.45, 2.75) is 12.6 Å². The second-order valence-corrected chi connectivity index (χ2v) is 5.40. The molecule has 4 nitrogen and oxygen atoms in total. The molecule has 2 rings (SSSR count). The van der Waals surface area contributed by atoms with Gasteiger partial charge in [0.25, 0.3) is 0 Å². The third-order valence-electron chi connectivity index (χ3n) is 3.28. The molecule has 0 amide bonds. The summed E-state index contributed by atoms with van der Waals surface area (Å²) in [6.45, 7) is 3.13. The van der Waals surface area contributed by atoms with Crippen LogP contribution in [0.4, 0.5) is 0 Å². The third kappa shape index (κ3) is 3.23. The first-order valence-electron chi connectivity index (χ1n) is 6.13. The number of nitrogens with one attached hydrogen (secondary N) is 2. The Morgan fingerprint density at radius 3 is 3.00 bits per heavy atom. The van der Waals surface area contributed by atoms with Crippen LogP contribution in [0.5, 0.6) is 5.75 Å². The molecule has 1 aliphatic heterocycles. The second kappa shape index (κ2) is 6.52. The molecule has 0 spiro atoms. The van der Waals surface area contributed by atoms with Crippen LogP contribution in [0, 0.1) is 5.92 Å². The third-order valence-corrected chi connectivity index (χ3v) is 3.90. The number of methoxy groups -OCH3 is 1. The maximum Gasteiger partial charge on any atom is 0.137 e. The summed E-state index contributed by atoms with van der Waals surface area (Å²) in [5.41, 5.74) is 1.12. The molecule has 1 heterocycles. The van der Waals surface area contributed by atoms with Crippen molar-refractivity contribution >= 4 is 15.9 Å². The van der Waals surface area contributed by atoms with Gasteiger partial charge in [0, 0.05) is 37.7 Å². The smallest absolute Gasteiger partial charge is 0.137 e. The predicted molar refractivity (Wildman–Crippen MR) is 74.8 cm³/mol. The fourth-order valence-electron chi connectivity index (χ4n) is 2.24. The number of halogens is 1. The van der Waals surface area contributed by atoms with Gasteiger partial charge in [-0.25, -0.2) is 0 Å². The summed E-state index contributed by atoms with van der Waals surface area (Å²) in [6, 6.07) is 6.00. The van der Waals surface area contributed by atoms with Gasteiger partial charge in [-0.15, -0.1) is 0 Å². The van der Waals surface area contributed by atoms with Gasteiger partial charge in [0.15, 0.2) is 0 Å². The molecule has 5 heteroatoms. The predicted octanol–water partition coefficient (Wildman–Crippen LogP) is 1.13. The molecule has 0 bridgehead atoms. The SMILES string of the molecule is COc1c(Br)cccc1CNCC1CNCC1O. The number of para-hydroxylation sites is 1. The minimum absolute atomic E-state index is 0.234. The van der Waals surface area contributed by atoms with Crippen molar-refractivity contribution in [2.24, 2.45) is 5.92 Å². The standard InChI is InChI=1S/C13H19BrN2O2/c1-18-13-9(3-2-4-11(13)14)5-15-6-10-7-16-8-12(10)17/h2-4,10,12,15-17H,5-8H2,1H3. The Morgan fingerprint density at radius 1 is 1.50 bits per heavy atom. The highest BCUT2D eigenvalue weighted by Crippen LogP contribution is 2.28. The molecular weight excluding hydrogens is 296 g/mol. The minimum Gasteiger partial charge on any atom is -0.495 e. The zero-order valence-electron chi connectivity index (χ0n) is 10.4. The van der Waals surface area contributed by atoms with Gasteiger partial charge in [-0.05, 0) is 22.0 Å². The van der Waals surface area contributed by atoms with Gasteiger partial charge in [0.05, 0.1) is 17.7 Å². The number of benzene rings is 1. The average molecular weight is 315 g/mol. The number of aliphatic hydroxyl groups excluding tert-OH is 1. The van der Waals surface area contributed by atoms with Crippen LogP contribution in [0.3, 0.4) is 0 Å². The number of rotatable bonds is 5. The number of hydrogen-bond donors (Lipinski definition) is 3. The van der Waals surface area contributed by atoms with Gasteiger partial charge in [-0.1, -0.05) is 12.1 Å². The van der Waals surface area contributed by atoms with Gasteiger partial charge in [-0.3, -0.25) is 0 Å². The average Bonchev–Trinajstić information content (AvgIpc) is 2.75. The van der Waals surface area contributed by atoms with Crippen molar-refractivity contribution in [2.75, 3.05) is 26.7 Å². The van der Waals surface area contributed by atoms with Crippen LogP contribution < -0.4 is 15.4 Å². The van der Waals surface area contributed by atoms with Crippen molar-refractivity contribution < 1.29 is 9.84 Å². The Labute approximate surface area is 116 Å². The lowest BCUT2D eigenvalue weighted by Gasteiger charge is -2.15. The molecule has 1 saturated heterocycles. The quantitative estimate of drug-likeness (QED) is 0.762. The summed E-state index contributed by atoms with van der Waals surface area (Å²) in [4.78, 5) is 0. The van der Waals surface area contributed by atoms with E-state index in [1.807, 2.05) is 18.2 Å². The van der Waals surface area contributed by atoms with Crippen LogP contribution in [-0.4, -0.2) is 38.0 Å². The van der Waals surface area contributed by atoms with Crippen LogP contribution >= 0.6 is 15.9 Å². The first-order valence-corrected chi connectivity index (χ1v) is 6.92. The fourth-order valence-corrected chi connectivity index (χ4v) is 2.81. The van der Waals surface area contributed by atoms with E-state index in [4.69, 9.17) is 4.74 Å². The van der Waals surface area contributed by atoms with Crippen molar-refractivity contribution in [3.63, 3.8) is 0 Å². The highest BCUT2D eigenvalue weighted by molar-refractivity contribution is 9.10. The summed E-state index contributed by atoms with van der Waals surface area (Å²) in [7, 11) is 1.67. The molecule has 3 N–H and O–H groups in total. The summed E-state index contributed by atoms with van der Waals surface area (Å²) in [5, 5.41) is 16.3. The van der Waals surface area contributed by atoms with Crippen LogP contribution in [0.1, 0.15) is 5.56 Å². The minimum atomic E-state index is -0.234. The first-order chi connectivity index (χ1) is 8.72. The zero-order chi connectivity index (χ0) is 13.0. The van der Waals surface area contributed by atoms with E-state index in [1.165, 1.54) is 0 Å². The molecule has 18 heavy (non-hydrogen) atoms. The Bertz CT molecular complexity index is 401. The van der Waals surface area contributed by atoms with Crippen molar-refractivity contribution in [1.29, 1.82) is 0 Å². The first kappa shape index (κ1) is 13.8. The topological polar surface area (TPSA) is 53.5 Å². The Hall–Kier alpha value is -0.620. The molecule has 1 aromatic carbocycles. The van der Waals surface area contributed by atoms with E-state index in [9.17, 15) is 5.11 Å². The monoisotopic (exact) mass is 314 g/mol. The molecule has 0 aliphatic carbocycles. The summed E-state index contributed by atoms with van der Waals surface area (Å²) in [5.74, 6) is 1.17. The molecule has 1 aromatic rings. The molecular formula is C13H19BrN2O2. The van der Waals surface area contributed by atoms with Crippen molar-refractivity contribution in [3.8, 4) is 5.75 Å². The van der Waals surface area contributed by atoms with Gasteiger partial charge in [0.1, 0.15) is 5.75 Å². The molecule has 2 atom stereocenters. The van der Waals surface area contributed by atoms with E-state index in [2.05, 4.69) is 26.6 Å². The Kier molecular flexibility index (Phi) is 5.00. The largest absolute Gasteiger partial charge is 0.495 e. The fraction of sp³-hybridized carbons (Fsp3) is 0.538. The van der Waals surface area contributed by atoms with Gasteiger partial charge in [0.2, 0.25) is 0 Å². The van der Waals surface area contributed by atoms with E-state index in [-0.39, 0.29) is 6.10 Å². The van der Waals surface area contributed by atoms with Crippen LogP contribution in [0.25, 0.3) is 0 Å². The summed E-state index contributed by atoms with van der Waals surface area (Å²) < 4.78 is 6.34. The molecule has 1 aliphatic rings. The van der Waals surface area contributed by atoms with E-state index in [0.717, 1.165) is 35.4 Å². The van der Waals surface area contributed by atoms with Crippen molar-refractivity contribution in [1.82, 2.24) is 10.6 Å². The maximum absolute atomic E-state index is 9.70. The van der Waals surface area contributed by atoms with E-state index in [1.54, 1.807) is 7.11 Å². The van der Waals surface area contributed by atoms with E-state index < -0.39 is 0 Å². The van der Waals surface area contributed by atoms with Crippen molar-refractivity contribution in [3.05, 3.63) is 28.2 Å². The van der Waals surface area contributed by atoms with E-state index >= 15 is 0 Å². The summed E-state index contributed by atoms with van der Waals surface area (Å²) >= 11 is 3.47. The zero-order valence-corrected chi connectivity index (χ0v) is 12.0. The Morgan fingerprint density at radius 2 is 2.33 bits per heavy atom. The van der Waals surface area contributed by atoms with Crippen LogP contribution in [0.15, 0.2) is 22.7 Å². The number of β-amino-alcohol motifs (C(OH)–C–C–N with tert-alkyl or cyclic N) is 1. The van der Waals surface area contributed by atoms with Crippen LogP contribution in [0.2, 0.25) is 0 Å². The summed E-state index contributed by atoms with van der Waals surface area (Å²) in [6.07, 6.45) is -0.234. The van der Waals surface area contributed by atoms with E-state index in [0.29, 0.717) is 12.5 Å². The molecule has 0 aromatic heterocycles. The molecule has 0 radical (unpaired) electrons. The normalized spacial score (nSPS) is 23.3. The number of aliphatic hydroxyl groups is 1. The Balaban J connectivity index is 1.88. The highest BCUT2D eigenvalue weighted by Gasteiger charge is 2.24. The van der Waals surface area contributed by atoms with Gasteiger partial charge < -0.3 is 20.5 Å². The second-order valence-electron chi connectivity index (χ2n) is 4.55. The number of hydrogen-bond acceptors (Lipinski definition) is 4.